The van der Waals surface area contributed by atoms with Gasteiger partial charge in [-0.05, 0) is 44.0 Å². The monoisotopic (exact) mass is 435 g/mol. The molecule has 6 nitrogen and oxygen atoms in total. The molecule has 0 aliphatic carbocycles. The molecule has 0 radical (unpaired) electrons. The number of likely N-dealkylation sites (N-methyl/N-ethyl adjacent to an activating group) is 1. The molecule has 9 heteroatoms. The van der Waals surface area contributed by atoms with Crippen LogP contribution in [0.4, 0.5) is 0 Å². The normalized spacial score (nSPS) is 18.0. The summed E-state index contributed by atoms with van der Waals surface area (Å²) in [7, 11) is -3.48. The molecule has 1 saturated heterocycles. The van der Waals surface area contributed by atoms with Gasteiger partial charge in [0.1, 0.15) is 4.21 Å². The first kappa shape index (κ1) is 22.6. The van der Waals surface area contributed by atoms with Crippen molar-refractivity contribution in [2.24, 2.45) is 11.8 Å². The van der Waals surface area contributed by atoms with Gasteiger partial charge in [0.15, 0.2) is 0 Å². The van der Waals surface area contributed by atoms with Crippen LogP contribution in [0, 0.1) is 11.8 Å². The van der Waals surface area contributed by atoms with E-state index in [2.05, 4.69) is 24.1 Å². The number of carbonyl (C=O) groups is 1. The second-order valence-corrected chi connectivity index (χ2v) is 10.8. The van der Waals surface area contributed by atoms with E-state index in [9.17, 15) is 13.2 Å². The molecule has 1 aliphatic heterocycles. The fourth-order valence-electron chi connectivity index (χ4n) is 3.43. The molecular weight excluding hydrogens is 406 g/mol. The third kappa shape index (κ3) is 5.90. The summed E-state index contributed by atoms with van der Waals surface area (Å²) in [5, 5.41) is 3.02. The first-order valence-corrected chi connectivity index (χ1v) is 12.2. The summed E-state index contributed by atoms with van der Waals surface area (Å²) < 4.78 is 27.6. The molecule has 0 spiro atoms. The number of sulfonamides is 1. The SMILES string of the molecule is CCN(CC)CCNC(=O)[C@@H](C)C1CCN(S(=O)(=O)c2ccc(Cl)s2)CC1. The topological polar surface area (TPSA) is 69.7 Å². The van der Waals surface area contributed by atoms with Gasteiger partial charge in [-0.15, -0.1) is 11.3 Å². The van der Waals surface area contributed by atoms with Crippen molar-refractivity contribution in [1.82, 2.24) is 14.5 Å². The van der Waals surface area contributed by atoms with Gasteiger partial charge < -0.3 is 10.2 Å². The average molecular weight is 436 g/mol. The molecule has 0 aromatic carbocycles. The third-order valence-electron chi connectivity index (χ3n) is 5.38. The molecule has 2 rings (SSSR count). The fourth-order valence-corrected chi connectivity index (χ4v) is 6.54. The van der Waals surface area contributed by atoms with E-state index in [0.717, 1.165) is 31.0 Å². The van der Waals surface area contributed by atoms with Crippen LogP contribution < -0.4 is 5.32 Å². The number of nitrogens with one attached hydrogen (secondary N) is 1. The Labute approximate surface area is 171 Å². The summed E-state index contributed by atoms with van der Waals surface area (Å²) in [5.74, 6) is 0.160. The minimum absolute atomic E-state index is 0.0634. The van der Waals surface area contributed by atoms with E-state index in [1.165, 1.54) is 4.31 Å². The lowest BCUT2D eigenvalue weighted by atomic mass is 9.85. The number of carbonyl (C=O) groups excluding carboxylic acids is 1. The highest BCUT2D eigenvalue weighted by Gasteiger charge is 2.34. The van der Waals surface area contributed by atoms with Crippen LogP contribution in [0.5, 0.6) is 0 Å². The van der Waals surface area contributed by atoms with Gasteiger partial charge in [0.2, 0.25) is 5.91 Å². The molecule has 1 atom stereocenters. The highest BCUT2D eigenvalue weighted by Crippen LogP contribution is 2.32. The lowest BCUT2D eigenvalue weighted by molar-refractivity contribution is -0.126. The van der Waals surface area contributed by atoms with Gasteiger partial charge in [-0.3, -0.25) is 4.79 Å². The number of rotatable bonds is 9. The molecule has 1 N–H and O–H groups in total. The van der Waals surface area contributed by atoms with Crippen LogP contribution in [0.2, 0.25) is 4.34 Å². The lowest BCUT2D eigenvalue weighted by Gasteiger charge is -2.33. The number of nitrogens with zero attached hydrogens (tertiary/aromatic N) is 2. The van der Waals surface area contributed by atoms with Crippen LogP contribution in [-0.2, 0) is 14.8 Å². The van der Waals surface area contributed by atoms with Gasteiger partial charge in [0, 0.05) is 32.1 Å². The molecule has 0 bridgehead atoms. The molecule has 1 fully saturated rings. The van der Waals surface area contributed by atoms with Crippen molar-refractivity contribution in [1.29, 1.82) is 0 Å². The van der Waals surface area contributed by atoms with E-state index < -0.39 is 10.0 Å². The average Bonchev–Trinajstić information content (AvgIpc) is 3.12. The maximum absolute atomic E-state index is 12.7. The first-order valence-electron chi connectivity index (χ1n) is 9.55. The minimum Gasteiger partial charge on any atom is -0.355 e. The van der Waals surface area contributed by atoms with Gasteiger partial charge in [-0.2, -0.15) is 4.31 Å². The van der Waals surface area contributed by atoms with E-state index in [-0.39, 0.29) is 22.0 Å². The molecule has 1 aromatic rings. The number of thiophene rings is 1. The van der Waals surface area contributed by atoms with Crippen LogP contribution in [0.15, 0.2) is 16.3 Å². The highest BCUT2D eigenvalue weighted by molar-refractivity contribution is 7.91. The van der Waals surface area contributed by atoms with Crippen LogP contribution in [-0.4, -0.2) is 62.8 Å². The third-order valence-corrected chi connectivity index (χ3v) is 8.98. The summed E-state index contributed by atoms with van der Waals surface area (Å²) in [5.41, 5.74) is 0. The smallest absolute Gasteiger partial charge is 0.252 e. The van der Waals surface area contributed by atoms with Crippen LogP contribution in [0.1, 0.15) is 33.6 Å². The zero-order valence-corrected chi connectivity index (χ0v) is 18.7. The van der Waals surface area contributed by atoms with Crippen molar-refractivity contribution in [3.63, 3.8) is 0 Å². The van der Waals surface area contributed by atoms with Crippen LogP contribution in [0.25, 0.3) is 0 Å². The number of amides is 1. The van der Waals surface area contributed by atoms with Gasteiger partial charge in [0.25, 0.3) is 10.0 Å². The van der Waals surface area contributed by atoms with Gasteiger partial charge in [0.05, 0.1) is 4.34 Å². The van der Waals surface area contributed by atoms with E-state index in [1.807, 2.05) is 6.92 Å². The van der Waals surface area contributed by atoms with E-state index >= 15 is 0 Å². The fraction of sp³-hybridized carbons (Fsp3) is 0.722. The largest absolute Gasteiger partial charge is 0.355 e. The summed E-state index contributed by atoms with van der Waals surface area (Å²) in [6, 6.07) is 3.16. The van der Waals surface area contributed by atoms with Gasteiger partial charge >= 0.3 is 0 Å². The van der Waals surface area contributed by atoms with Gasteiger partial charge in [-0.1, -0.05) is 32.4 Å². The maximum Gasteiger partial charge on any atom is 0.252 e. The van der Waals surface area contributed by atoms with Crippen molar-refractivity contribution in [2.75, 3.05) is 39.3 Å². The number of hydrogen-bond donors (Lipinski definition) is 1. The van der Waals surface area contributed by atoms with Crippen molar-refractivity contribution in [2.45, 2.75) is 37.8 Å². The molecule has 1 amide bonds. The van der Waals surface area contributed by atoms with Crippen LogP contribution >= 0.6 is 22.9 Å². The lowest BCUT2D eigenvalue weighted by Crippen LogP contribution is -2.43. The molecule has 2 heterocycles. The Kier molecular flexibility index (Phi) is 8.55. The molecule has 154 valence electrons. The summed E-state index contributed by atoms with van der Waals surface area (Å²) >= 11 is 6.96. The number of halogens is 1. The highest BCUT2D eigenvalue weighted by atomic mass is 35.5. The van der Waals surface area contributed by atoms with E-state index in [1.54, 1.807) is 12.1 Å². The Morgan fingerprint density at radius 1 is 1.33 bits per heavy atom. The molecule has 1 aromatic heterocycles. The Morgan fingerprint density at radius 3 is 2.48 bits per heavy atom. The Hall–Kier alpha value is -0.670. The molecule has 0 saturated carbocycles. The molecular formula is C18H30ClN3O3S2. The Balaban J connectivity index is 1.83. The van der Waals surface area contributed by atoms with Crippen molar-refractivity contribution in [3.05, 3.63) is 16.5 Å². The Bertz CT molecular complexity index is 711. The zero-order chi connectivity index (χ0) is 20.0. The predicted molar refractivity (Wildman–Crippen MR) is 111 cm³/mol. The number of hydrogen-bond acceptors (Lipinski definition) is 5. The Morgan fingerprint density at radius 2 is 1.96 bits per heavy atom. The minimum atomic E-state index is -3.48. The van der Waals surface area contributed by atoms with Crippen molar-refractivity contribution < 1.29 is 13.2 Å². The van der Waals surface area contributed by atoms with Crippen molar-refractivity contribution in [3.8, 4) is 0 Å². The first-order chi connectivity index (χ1) is 12.8. The van der Waals surface area contributed by atoms with Crippen molar-refractivity contribution >= 4 is 38.9 Å². The standard InChI is InChI=1S/C18H30ClN3O3S2/c1-4-21(5-2)13-10-20-18(23)14(3)15-8-11-22(12-9-15)27(24,25)17-7-6-16(19)26-17/h6-7,14-15H,4-5,8-13H2,1-3H3,(H,20,23)/t14-/m0/s1. The number of piperidine rings is 1. The second kappa shape index (κ2) is 10.2. The van der Waals surface area contributed by atoms with Crippen LogP contribution in [0.3, 0.4) is 0 Å². The quantitative estimate of drug-likeness (QED) is 0.647. The van der Waals surface area contributed by atoms with E-state index in [4.69, 9.17) is 11.6 Å². The van der Waals surface area contributed by atoms with Gasteiger partial charge in [-0.25, -0.2) is 8.42 Å². The second-order valence-electron chi connectivity index (χ2n) is 6.91. The molecule has 1 aliphatic rings. The summed E-state index contributed by atoms with van der Waals surface area (Å²) in [4.78, 5) is 14.7. The summed E-state index contributed by atoms with van der Waals surface area (Å²) in [6.07, 6.45) is 1.39. The summed E-state index contributed by atoms with van der Waals surface area (Å²) in [6.45, 7) is 10.5. The van der Waals surface area contributed by atoms with E-state index in [0.29, 0.717) is 36.8 Å². The molecule has 0 unspecified atom stereocenters. The molecule has 27 heavy (non-hydrogen) atoms. The predicted octanol–water partition coefficient (Wildman–Crippen LogP) is 2.90. The maximum atomic E-state index is 12.7. The zero-order valence-electron chi connectivity index (χ0n) is 16.3.